The Kier molecular flexibility index (Phi) is 7.64. The summed E-state index contributed by atoms with van der Waals surface area (Å²) in [5.41, 5.74) is 0.152. The van der Waals surface area contributed by atoms with Gasteiger partial charge in [0, 0.05) is 19.4 Å². The zero-order valence-corrected chi connectivity index (χ0v) is 12.1. The van der Waals surface area contributed by atoms with Crippen LogP contribution in [0.2, 0.25) is 0 Å². The lowest BCUT2D eigenvalue weighted by Gasteiger charge is -2.26. The van der Waals surface area contributed by atoms with Gasteiger partial charge >= 0.3 is 5.97 Å². The van der Waals surface area contributed by atoms with Crippen LogP contribution in [0.5, 0.6) is 0 Å². The first-order valence-corrected chi connectivity index (χ1v) is 6.72. The van der Waals surface area contributed by atoms with Crippen LogP contribution in [0.15, 0.2) is 0 Å². The van der Waals surface area contributed by atoms with Crippen molar-refractivity contribution in [2.45, 2.75) is 59.8 Å². The number of hydrogen-bond donors (Lipinski definition) is 2. The minimum atomic E-state index is -0.752. The molecule has 4 heteroatoms. The molecule has 0 aromatic carbocycles. The van der Waals surface area contributed by atoms with Gasteiger partial charge in [-0.1, -0.05) is 34.1 Å². The number of nitrogens with one attached hydrogen (secondary N) is 1. The van der Waals surface area contributed by atoms with E-state index >= 15 is 0 Å². The maximum Gasteiger partial charge on any atom is 0.303 e. The number of unbranched alkanes of at least 4 members (excludes halogenated alkanes) is 2. The van der Waals surface area contributed by atoms with E-state index in [1.165, 1.54) is 0 Å². The largest absolute Gasteiger partial charge is 0.481 e. The van der Waals surface area contributed by atoms with Crippen molar-refractivity contribution in [3.05, 3.63) is 0 Å². The lowest BCUT2D eigenvalue weighted by atomic mass is 9.80. The summed E-state index contributed by atoms with van der Waals surface area (Å²) < 4.78 is 0. The molecular weight excluding hydrogens is 230 g/mol. The van der Waals surface area contributed by atoms with E-state index in [0.29, 0.717) is 25.3 Å². The Labute approximate surface area is 110 Å². The normalized spacial score (nSPS) is 13.1. The van der Waals surface area contributed by atoms with Gasteiger partial charge in [0.25, 0.3) is 0 Å². The van der Waals surface area contributed by atoms with Crippen molar-refractivity contribution in [1.82, 2.24) is 5.32 Å². The second-order valence-corrected chi connectivity index (χ2v) is 6.03. The summed E-state index contributed by atoms with van der Waals surface area (Å²) in [6.45, 7) is 9.15. The first-order chi connectivity index (χ1) is 8.23. The van der Waals surface area contributed by atoms with E-state index in [4.69, 9.17) is 5.11 Å². The van der Waals surface area contributed by atoms with Crippen LogP contribution in [0.25, 0.3) is 0 Å². The molecule has 0 spiro atoms. The van der Waals surface area contributed by atoms with Crippen molar-refractivity contribution in [2.75, 3.05) is 6.54 Å². The van der Waals surface area contributed by atoms with E-state index in [1.54, 1.807) is 0 Å². The fourth-order valence-corrected chi connectivity index (χ4v) is 1.46. The van der Waals surface area contributed by atoms with E-state index < -0.39 is 5.97 Å². The van der Waals surface area contributed by atoms with Crippen molar-refractivity contribution in [3.63, 3.8) is 0 Å². The van der Waals surface area contributed by atoms with Crippen LogP contribution in [0, 0.1) is 11.3 Å². The molecule has 1 amide bonds. The molecule has 2 N–H and O–H groups in total. The Morgan fingerprint density at radius 1 is 1.17 bits per heavy atom. The average Bonchev–Trinajstić information content (AvgIpc) is 2.21. The second kappa shape index (κ2) is 8.11. The molecule has 0 saturated heterocycles. The third-order valence-corrected chi connectivity index (χ3v) is 3.36. The van der Waals surface area contributed by atoms with Crippen LogP contribution in [0.3, 0.4) is 0 Å². The minimum absolute atomic E-state index is 0.0932. The summed E-state index contributed by atoms with van der Waals surface area (Å²) in [4.78, 5) is 21.9. The highest BCUT2D eigenvalue weighted by Crippen LogP contribution is 2.27. The van der Waals surface area contributed by atoms with E-state index in [-0.39, 0.29) is 17.7 Å². The minimum Gasteiger partial charge on any atom is -0.481 e. The number of carboxylic acid groups (broad SMARTS) is 1. The molecule has 0 bridgehead atoms. The highest BCUT2D eigenvalue weighted by molar-refractivity contribution is 5.76. The van der Waals surface area contributed by atoms with E-state index in [2.05, 4.69) is 33.0 Å². The smallest absolute Gasteiger partial charge is 0.303 e. The van der Waals surface area contributed by atoms with E-state index in [0.717, 1.165) is 12.8 Å². The molecule has 0 fully saturated rings. The molecule has 0 aliphatic rings. The molecule has 1 unspecified atom stereocenters. The van der Waals surface area contributed by atoms with Gasteiger partial charge in [-0.05, 0) is 24.2 Å². The predicted octanol–water partition coefficient (Wildman–Crippen LogP) is 2.82. The molecule has 4 nitrogen and oxygen atoms in total. The summed E-state index contributed by atoms with van der Waals surface area (Å²) in [6, 6.07) is 0. The van der Waals surface area contributed by atoms with Crippen molar-refractivity contribution in [1.29, 1.82) is 0 Å². The molecule has 0 aliphatic heterocycles. The quantitative estimate of drug-likeness (QED) is 0.657. The summed E-state index contributed by atoms with van der Waals surface area (Å²) in [6.07, 6.45) is 3.15. The highest BCUT2D eigenvalue weighted by atomic mass is 16.4. The summed E-state index contributed by atoms with van der Waals surface area (Å²) in [5.74, 6) is -0.307. The summed E-state index contributed by atoms with van der Waals surface area (Å²) in [7, 11) is 0. The van der Waals surface area contributed by atoms with E-state index in [1.807, 2.05) is 0 Å². The molecule has 1 atom stereocenters. The number of carbonyl (C=O) groups excluding carboxylic acids is 1. The molecule has 0 saturated carbocycles. The van der Waals surface area contributed by atoms with Crippen molar-refractivity contribution in [2.24, 2.45) is 11.3 Å². The van der Waals surface area contributed by atoms with Gasteiger partial charge < -0.3 is 10.4 Å². The van der Waals surface area contributed by atoms with Crippen molar-refractivity contribution < 1.29 is 14.7 Å². The Morgan fingerprint density at radius 2 is 1.78 bits per heavy atom. The average molecular weight is 257 g/mol. The van der Waals surface area contributed by atoms with E-state index in [9.17, 15) is 9.59 Å². The van der Waals surface area contributed by atoms with Gasteiger partial charge in [-0.25, -0.2) is 0 Å². The van der Waals surface area contributed by atoms with Crippen LogP contribution in [-0.2, 0) is 9.59 Å². The predicted molar refractivity (Wildman–Crippen MR) is 72.3 cm³/mol. The number of aliphatic carboxylic acids is 1. The fourth-order valence-electron chi connectivity index (χ4n) is 1.46. The summed E-state index contributed by atoms with van der Waals surface area (Å²) >= 11 is 0. The van der Waals surface area contributed by atoms with Crippen molar-refractivity contribution >= 4 is 11.9 Å². The van der Waals surface area contributed by atoms with Crippen LogP contribution >= 0.6 is 0 Å². The topological polar surface area (TPSA) is 66.4 Å². The molecule has 0 aromatic heterocycles. The van der Waals surface area contributed by atoms with Gasteiger partial charge in [0.2, 0.25) is 5.91 Å². The molecule has 0 aromatic rings. The third kappa shape index (κ3) is 9.02. The molecule has 0 heterocycles. The number of amides is 1. The van der Waals surface area contributed by atoms with Crippen LogP contribution in [0.4, 0.5) is 0 Å². The van der Waals surface area contributed by atoms with Crippen LogP contribution in [0.1, 0.15) is 59.8 Å². The number of carboxylic acids is 1. The third-order valence-electron chi connectivity index (χ3n) is 3.36. The standard InChI is InChI=1S/C14H27NO3/c1-11(14(2,3)4)10-12(16)15-9-7-5-6-8-13(17)18/h11H,5-10H2,1-4H3,(H,15,16)(H,17,18). The number of carbonyl (C=O) groups is 2. The monoisotopic (exact) mass is 257 g/mol. The Balaban J connectivity index is 3.57. The van der Waals surface area contributed by atoms with Gasteiger partial charge in [0.15, 0.2) is 0 Å². The number of rotatable bonds is 8. The maximum atomic E-state index is 11.6. The zero-order chi connectivity index (χ0) is 14.2. The molecular formula is C14H27NO3. The highest BCUT2D eigenvalue weighted by Gasteiger charge is 2.22. The van der Waals surface area contributed by atoms with Crippen LogP contribution < -0.4 is 5.32 Å². The molecule has 106 valence electrons. The Bertz CT molecular complexity index is 269. The molecule has 0 rings (SSSR count). The first-order valence-electron chi connectivity index (χ1n) is 6.72. The lowest BCUT2D eigenvalue weighted by molar-refractivity contribution is -0.137. The Morgan fingerprint density at radius 3 is 2.28 bits per heavy atom. The van der Waals surface area contributed by atoms with Gasteiger partial charge in [-0.3, -0.25) is 9.59 Å². The molecule has 18 heavy (non-hydrogen) atoms. The lowest BCUT2D eigenvalue weighted by Crippen LogP contribution is -2.29. The van der Waals surface area contributed by atoms with Crippen LogP contribution in [-0.4, -0.2) is 23.5 Å². The zero-order valence-electron chi connectivity index (χ0n) is 12.1. The van der Waals surface area contributed by atoms with Gasteiger partial charge in [-0.15, -0.1) is 0 Å². The maximum absolute atomic E-state index is 11.6. The van der Waals surface area contributed by atoms with Crippen molar-refractivity contribution in [3.8, 4) is 0 Å². The van der Waals surface area contributed by atoms with Gasteiger partial charge in [-0.2, -0.15) is 0 Å². The van der Waals surface area contributed by atoms with Gasteiger partial charge in [0.1, 0.15) is 0 Å². The molecule has 0 radical (unpaired) electrons. The molecule has 0 aliphatic carbocycles. The second-order valence-electron chi connectivity index (χ2n) is 6.03. The fraction of sp³-hybridized carbons (Fsp3) is 0.857. The summed E-state index contributed by atoms with van der Waals surface area (Å²) in [5, 5.41) is 11.4. The first kappa shape index (κ1) is 16.9. The Hall–Kier alpha value is -1.06. The van der Waals surface area contributed by atoms with Gasteiger partial charge in [0.05, 0.1) is 0 Å². The SMILES string of the molecule is CC(CC(=O)NCCCCCC(=O)O)C(C)(C)C. The number of hydrogen-bond acceptors (Lipinski definition) is 2.